The van der Waals surface area contributed by atoms with E-state index in [2.05, 4.69) is 37.5 Å². The number of carbonyl (C=O) groups excluding carboxylic acids is 1. The Kier molecular flexibility index (Phi) is 13.5. The Morgan fingerprint density at radius 1 is 1.12 bits per heavy atom. The van der Waals surface area contributed by atoms with Gasteiger partial charge in [-0.1, -0.05) is 40.3 Å². The number of fused-ring (bicyclic) bond motifs is 2. The zero-order valence-electron chi connectivity index (χ0n) is 21.9. The SMILES string of the molecule is C=C(/C=C\SC)C(=O)N1CC2CC1CN2Cc1ccc(OCCOC)c(C)c1C.CC.CC. The molecular weight excluding hydrogens is 432 g/mol. The predicted octanol–water partition coefficient (Wildman–Crippen LogP) is 5.60. The zero-order valence-corrected chi connectivity index (χ0v) is 22.8. The van der Waals surface area contributed by atoms with Crippen LogP contribution in [0.4, 0.5) is 0 Å². The van der Waals surface area contributed by atoms with E-state index in [9.17, 15) is 4.79 Å². The van der Waals surface area contributed by atoms with Crippen molar-refractivity contribution in [2.24, 2.45) is 0 Å². The van der Waals surface area contributed by atoms with Crippen LogP contribution < -0.4 is 4.74 Å². The maximum Gasteiger partial charge on any atom is 0.253 e. The molecule has 2 bridgehead atoms. The molecule has 2 atom stereocenters. The maximum atomic E-state index is 12.7. The molecule has 1 aromatic rings. The molecule has 6 heteroatoms. The first kappa shape index (κ1) is 29.3. The number of ether oxygens (including phenoxy) is 2. The van der Waals surface area contributed by atoms with Gasteiger partial charge >= 0.3 is 0 Å². The first-order chi connectivity index (χ1) is 16.0. The van der Waals surface area contributed by atoms with Gasteiger partial charge in [-0.25, -0.2) is 0 Å². The molecule has 5 nitrogen and oxygen atoms in total. The summed E-state index contributed by atoms with van der Waals surface area (Å²) < 4.78 is 10.9. The fraction of sp³-hybridized carbons (Fsp3) is 0.593. The third-order valence-electron chi connectivity index (χ3n) is 6.06. The summed E-state index contributed by atoms with van der Waals surface area (Å²) in [6.45, 7) is 20.0. The van der Waals surface area contributed by atoms with Gasteiger partial charge in [-0.15, -0.1) is 11.8 Å². The first-order valence-electron chi connectivity index (χ1n) is 12.1. The third kappa shape index (κ3) is 7.62. The molecule has 0 radical (unpaired) electrons. The predicted molar refractivity (Wildman–Crippen MR) is 142 cm³/mol. The number of rotatable bonds is 9. The van der Waals surface area contributed by atoms with Crippen LogP contribution >= 0.6 is 11.8 Å². The van der Waals surface area contributed by atoms with E-state index in [-0.39, 0.29) is 5.91 Å². The number of hydrogen-bond acceptors (Lipinski definition) is 5. The van der Waals surface area contributed by atoms with Crippen LogP contribution in [0.2, 0.25) is 0 Å². The average molecular weight is 477 g/mol. The Balaban J connectivity index is 0.00000129. The highest BCUT2D eigenvalue weighted by Crippen LogP contribution is 2.34. The number of nitrogens with zero attached hydrogens (tertiary/aromatic N) is 2. The van der Waals surface area contributed by atoms with E-state index < -0.39 is 0 Å². The van der Waals surface area contributed by atoms with Crippen LogP contribution in [0, 0.1) is 13.8 Å². The fourth-order valence-corrected chi connectivity index (χ4v) is 4.53. The molecule has 0 aliphatic carbocycles. The van der Waals surface area contributed by atoms with Crippen LogP contribution in [0.5, 0.6) is 5.75 Å². The topological polar surface area (TPSA) is 42.0 Å². The highest BCUT2D eigenvalue weighted by atomic mass is 32.2. The number of carbonyl (C=O) groups is 1. The fourth-order valence-electron chi connectivity index (χ4n) is 4.23. The van der Waals surface area contributed by atoms with E-state index in [4.69, 9.17) is 9.47 Å². The summed E-state index contributed by atoms with van der Waals surface area (Å²) in [5.41, 5.74) is 4.39. The number of methoxy groups -OCH3 is 1. The molecule has 2 aliphatic rings. The minimum atomic E-state index is 0.0760. The molecule has 2 saturated heterocycles. The summed E-state index contributed by atoms with van der Waals surface area (Å²) >= 11 is 1.58. The number of thioether (sulfide) groups is 1. The summed E-state index contributed by atoms with van der Waals surface area (Å²) in [4.78, 5) is 17.2. The molecular formula is C27H44N2O3S. The minimum absolute atomic E-state index is 0.0760. The van der Waals surface area contributed by atoms with Crippen molar-refractivity contribution < 1.29 is 14.3 Å². The van der Waals surface area contributed by atoms with Crippen molar-refractivity contribution in [1.82, 2.24) is 9.80 Å². The lowest BCUT2D eigenvalue weighted by Crippen LogP contribution is -2.48. The molecule has 3 rings (SSSR count). The molecule has 1 amide bonds. The molecule has 2 fully saturated rings. The van der Waals surface area contributed by atoms with Crippen molar-refractivity contribution in [3.8, 4) is 5.75 Å². The van der Waals surface area contributed by atoms with Gasteiger partial charge in [0, 0.05) is 44.4 Å². The van der Waals surface area contributed by atoms with Gasteiger partial charge < -0.3 is 14.4 Å². The Morgan fingerprint density at radius 3 is 2.39 bits per heavy atom. The second kappa shape index (κ2) is 15.2. The van der Waals surface area contributed by atoms with Crippen LogP contribution in [-0.4, -0.2) is 67.5 Å². The quantitative estimate of drug-likeness (QED) is 0.264. The Labute approximate surface area is 206 Å². The van der Waals surface area contributed by atoms with Gasteiger partial charge in [0.2, 0.25) is 0 Å². The summed E-state index contributed by atoms with van der Waals surface area (Å²) in [7, 11) is 1.68. The molecule has 0 spiro atoms. The van der Waals surface area contributed by atoms with E-state index in [0.717, 1.165) is 31.8 Å². The van der Waals surface area contributed by atoms with Gasteiger partial charge in [-0.2, -0.15) is 0 Å². The van der Waals surface area contributed by atoms with Crippen molar-refractivity contribution in [3.63, 3.8) is 0 Å². The van der Waals surface area contributed by atoms with Gasteiger partial charge in [0.1, 0.15) is 12.4 Å². The van der Waals surface area contributed by atoms with Crippen molar-refractivity contribution in [2.75, 3.05) is 39.7 Å². The van der Waals surface area contributed by atoms with Crippen LogP contribution in [0.25, 0.3) is 0 Å². The first-order valence-corrected chi connectivity index (χ1v) is 13.4. The largest absolute Gasteiger partial charge is 0.491 e. The van der Waals surface area contributed by atoms with Gasteiger partial charge in [0.25, 0.3) is 5.91 Å². The smallest absolute Gasteiger partial charge is 0.253 e. The van der Waals surface area contributed by atoms with E-state index in [1.807, 2.05) is 50.3 Å². The molecule has 33 heavy (non-hydrogen) atoms. The molecule has 186 valence electrons. The van der Waals surface area contributed by atoms with Crippen molar-refractivity contribution in [3.05, 3.63) is 52.5 Å². The minimum Gasteiger partial charge on any atom is -0.491 e. The van der Waals surface area contributed by atoms with Gasteiger partial charge in [0.15, 0.2) is 0 Å². The number of benzene rings is 1. The van der Waals surface area contributed by atoms with E-state index in [1.54, 1.807) is 18.9 Å². The zero-order chi connectivity index (χ0) is 25.0. The van der Waals surface area contributed by atoms with Gasteiger partial charge in [-0.3, -0.25) is 9.69 Å². The summed E-state index contributed by atoms with van der Waals surface area (Å²) in [6.07, 6.45) is 4.85. The molecule has 1 aromatic carbocycles. The van der Waals surface area contributed by atoms with E-state index in [0.29, 0.717) is 30.9 Å². The lowest BCUT2D eigenvalue weighted by molar-refractivity contribution is -0.129. The monoisotopic (exact) mass is 476 g/mol. The third-order valence-corrected chi connectivity index (χ3v) is 6.47. The second-order valence-corrected chi connectivity index (χ2v) is 8.55. The highest BCUT2D eigenvalue weighted by Gasteiger charge is 2.45. The molecule has 2 unspecified atom stereocenters. The second-order valence-electron chi connectivity index (χ2n) is 7.81. The number of piperazine rings is 1. The van der Waals surface area contributed by atoms with Gasteiger partial charge in [-0.05, 0) is 60.8 Å². The standard InChI is InChI=1S/C23H32N2O3S.2C2H6/c1-16(8-11-29-5)23(26)25-15-20-12-21(25)14-24(20)13-19-6-7-22(18(3)17(19)2)28-10-9-27-4;2*1-2/h6-8,11,20-21H,1,9-10,12-15H2,2-5H3;2*1-2H3/b11-8-;;. The van der Waals surface area contributed by atoms with Gasteiger partial charge in [0.05, 0.1) is 6.61 Å². The lowest BCUT2D eigenvalue weighted by atomic mass is 10.0. The van der Waals surface area contributed by atoms with Crippen molar-refractivity contribution in [2.45, 2.75) is 66.6 Å². The summed E-state index contributed by atoms with van der Waals surface area (Å²) in [5.74, 6) is 1.01. The summed E-state index contributed by atoms with van der Waals surface area (Å²) in [6, 6.07) is 4.97. The summed E-state index contributed by atoms with van der Waals surface area (Å²) in [5, 5.41) is 1.91. The highest BCUT2D eigenvalue weighted by molar-refractivity contribution is 8.01. The van der Waals surface area contributed by atoms with Crippen LogP contribution in [0.3, 0.4) is 0 Å². The maximum absolute atomic E-state index is 12.7. The Morgan fingerprint density at radius 2 is 1.82 bits per heavy atom. The van der Waals surface area contributed by atoms with Crippen molar-refractivity contribution >= 4 is 17.7 Å². The Hall–Kier alpha value is -1.76. The van der Waals surface area contributed by atoms with Crippen LogP contribution in [-0.2, 0) is 16.1 Å². The normalized spacial score (nSPS) is 19.1. The molecule has 0 saturated carbocycles. The lowest BCUT2D eigenvalue weighted by Gasteiger charge is -2.34. The Bertz CT molecular complexity index is 794. The average Bonchev–Trinajstić information content (AvgIpc) is 3.44. The number of amides is 1. The molecule has 2 aliphatic heterocycles. The molecule has 0 N–H and O–H groups in total. The number of hydrogen-bond donors (Lipinski definition) is 0. The molecule has 2 heterocycles. The van der Waals surface area contributed by atoms with Crippen LogP contribution in [0.1, 0.15) is 50.8 Å². The van der Waals surface area contributed by atoms with Crippen molar-refractivity contribution in [1.29, 1.82) is 0 Å². The van der Waals surface area contributed by atoms with Crippen LogP contribution in [0.15, 0.2) is 35.8 Å². The molecule has 0 aromatic heterocycles. The van der Waals surface area contributed by atoms with E-state index in [1.165, 1.54) is 16.7 Å². The van der Waals surface area contributed by atoms with E-state index >= 15 is 0 Å². The number of likely N-dealkylation sites (tertiary alicyclic amines) is 2.